The average molecular weight is 477 g/mol. The van der Waals surface area contributed by atoms with E-state index in [2.05, 4.69) is 44.2 Å². The molecule has 3 aromatic rings. The van der Waals surface area contributed by atoms with Crippen molar-refractivity contribution in [2.24, 2.45) is 5.92 Å². The van der Waals surface area contributed by atoms with Crippen molar-refractivity contribution in [1.82, 2.24) is 29.5 Å². The summed E-state index contributed by atoms with van der Waals surface area (Å²) < 4.78 is 9.53. The number of piperidine rings is 1. The van der Waals surface area contributed by atoms with Crippen LogP contribution in [-0.2, 0) is 16.1 Å². The predicted octanol–water partition coefficient (Wildman–Crippen LogP) is 2.71. The number of carbonyl (C=O) groups excluding carboxylic acids is 1. The Labute approximate surface area is 207 Å². The van der Waals surface area contributed by atoms with Gasteiger partial charge in [-0.15, -0.1) is 0 Å². The third-order valence-corrected chi connectivity index (χ3v) is 7.07. The smallest absolute Gasteiger partial charge is 0.223 e. The normalized spacial score (nSPS) is 18.1. The van der Waals surface area contributed by atoms with Crippen LogP contribution in [0.25, 0.3) is 11.5 Å². The summed E-state index contributed by atoms with van der Waals surface area (Å²) in [4.78, 5) is 17.6. The zero-order chi connectivity index (χ0) is 23.9. The van der Waals surface area contributed by atoms with Crippen molar-refractivity contribution in [2.75, 3.05) is 52.5 Å². The van der Waals surface area contributed by atoms with E-state index in [1.54, 1.807) is 0 Å². The maximum absolute atomic E-state index is 12.7. The minimum atomic E-state index is 0.116. The molecule has 1 N–H and O–H groups in total. The summed E-state index contributed by atoms with van der Waals surface area (Å²) in [5, 5.41) is 7.89. The van der Waals surface area contributed by atoms with Crippen molar-refractivity contribution in [2.45, 2.75) is 25.8 Å². The molecule has 5 rings (SSSR count). The molecule has 2 fully saturated rings. The highest BCUT2D eigenvalue weighted by atomic mass is 16.5. The van der Waals surface area contributed by atoms with E-state index < -0.39 is 0 Å². The molecule has 0 atom stereocenters. The Morgan fingerprint density at radius 1 is 0.971 bits per heavy atom. The fourth-order valence-corrected chi connectivity index (χ4v) is 5.07. The van der Waals surface area contributed by atoms with Gasteiger partial charge in [0.1, 0.15) is 5.82 Å². The number of nitrogens with zero attached hydrogens (tertiary/aromatic N) is 5. The lowest BCUT2D eigenvalue weighted by molar-refractivity contribution is -0.126. The van der Waals surface area contributed by atoms with Gasteiger partial charge in [-0.1, -0.05) is 18.2 Å². The molecule has 0 spiro atoms. The monoisotopic (exact) mass is 476 g/mol. The van der Waals surface area contributed by atoms with Crippen LogP contribution in [0.5, 0.6) is 0 Å². The lowest BCUT2D eigenvalue weighted by atomic mass is 9.95. The first-order valence-corrected chi connectivity index (χ1v) is 12.8. The quantitative estimate of drug-likeness (QED) is 0.481. The van der Waals surface area contributed by atoms with Crippen LogP contribution < -0.4 is 5.32 Å². The highest BCUT2D eigenvalue weighted by Crippen LogP contribution is 2.24. The third kappa shape index (κ3) is 6.01. The number of carbonyl (C=O) groups is 1. The van der Waals surface area contributed by atoms with Crippen molar-refractivity contribution >= 4 is 5.91 Å². The summed E-state index contributed by atoms with van der Waals surface area (Å²) in [7, 11) is 0. The molecule has 2 aliphatic heterocycles. The maximum atomic E-state index is 12.7. The van der Waals surface area contributed by atoms with E-state index in [-0.39, 0.29) is 11.8 Å². The fraction of sp³-hybridized carbons (Fsp3) is 0.481. The van der Waals surface area contributed by atoms with Crippen molar-refractivity contribution < 1.29 is 9.53 Å². The van der Waals surface area contributed by atoms with Gasteiger partial charge in [-0.05, 0) is 63.2 Å². The van der Waals surface area contributed by atoms with Crippen LogP contribution >= 0.6 is 0 Å². The van der Waals surface area contributed by atoms with Crippen LogP contribution in [0.2, 0.25) is 0 Å². The van der Waals surface area contributed by atoms with Crippen molar-refractivity contribution in [1.29, 1.82) is 0 Å². The number of likely N-dealkylation sites (tertiary alicyclic amines) is 1. The summed E-state index contributed by atoms with van der Waals surface area (Å²) in [6, 6.07) is 14.3. The molecule has 186 valence electrons. The Hall–Kier alpha value is -2.94. The Morgan fingerprint density at radius 2 is 1.71 bits per heavy atom. The minimum absolute atomic E-state index is 0.116. The third-order valence-electron chi connectivity index (χ3n) is 7.07. The topological polar surface area (TPSA) is 67.6 Å². The number of benzene rings is 1. The molecule has 0 bridgehead atoms. The molecule has 2 saturated heterocycles. The molecule has 4 heterocycles. The Morgan fingerprint density at radius 3 is 2.46 bits per heavy atom. The van der Waals surface area contributed by atoms with Crippen molar-refractivity contribution in [3.05, 3.63) is 66.6 Å². The molecule has 0 radical (unpaired) electrons. The molecule has 8 nitrogen and oxygen atoms in total. The second-order valence-corrected chi connectivity index (χ2v) is 9.48. The standard InChI is InChI=1S/C27H36N6O2/c34-26(28-11-6-12-30-17-19-35-20-18-30)23-9-15-31(16-10-23)22-24-21-29-33(25-7-2-1-3-8-25)27(24)32-13-4-5-14-32/h1-5,7-8,13-14,21,23H,6,9-12,15-20,22H2,(H,28,34). The van der Waals surface area contributed by atoms with Crippen LogP contribution in [0.1, 0.15) is 24.8 Å². The van der Waals surface area contributed by atoms with E-state index in [0.717, 1.165) is 89.8 Å². The van der Waals surface area contributed by atoms with Gasteiger partial charge in [0.05, 0.1) is 25.1 Å². The number of aromatic nitrogens is 3. The van der Waals surface area contributed by atoms with Crippen molar-refractivity contribution in [3.8, 4) is 11.5 Å². The number of morpholine rings is 1. The van der Waals surface area contributed by atoms with E-state index in [9.17, 15) is 4.79 Å². The highest BCUT2D eigenvalue weighted by molar-refractivity contribution is 5.78. The molecule has 35 heavy (non-hydrogen) atoms. The van der Waals surface area contributed by atoms with Gasteiger partial charge in [0, 0.05) is 50.1 Å². The van der Waals surface area contributed by atoms with E-state index in [4.69, 9.17) is 9.84 Å². The van der Waals surface area contributed by atoms with Crippen molar-refractivity contribution in [3.63, 3.8) is 0 Å². The first kappa shape index (κ1) is 23.8. The van der Waals surface area contributed by atoms with Gasteiger partial charge in [-0.3, -0.25) is 14.6 Å². The molecule has 2 aliphatic rings. The summed E-state index contributed by atoms with van der Waals surface area (Å²) in [6.45, 7) is 8.12. The number of para-hydroxylation sites is 1. The second kappa shape index (κ2) is 11.7. The van der Waals surface area contributed by atoms with Crippen LogP contribution in [0.4, 0.5) is 0 Å². The summed E-state index contributed by atoms with van der Waals surface area (Å²) in [5.41, 5.74) is 2.24. The molecule has 8 heteroatoms. The molecule has 1 amide bonds. The molecule has 2 aromatic heterocycles. The zero-order valence-corrected chi connectivity index (χ0v) is 20.4. The number of hydrogen-bond acceptors (Lipinski definition) is 5. The Kier molecular flexibility index (Phi) is 7.92. The largest absolute Gasteiger partial charge is 0.379 e. The van der Waals surface area contributed by atoms with E-state index >= 15 is 0 Å². The molecule has 1 aromatic carbocycles. The number of hydrogen-bond donors (Lipinski definition) is 1. The Balaban J connectivity index is 1.13. The van der Waals surface area contributed by atoms with Gasteiger partial charge in [0.15, 0.2) is 0 Å². The van der Waals surface area contributed by atoms with Crippen LogP contribution in [0.3, 0.4) is 0 Å². The minimum Gasteiger partial charge on any atom is -0.379 e. The predicted molar refractivity (Wildman–Crippen MR) is 136 cm³/mol. The SMILES string of the molecule is O=C(NCCCN1CCOCC1)C1CCN(Cc2cnn(-c3ccccc3)c2-n2cccc2)CC1. The molecular weight excluding hydrogens is 440 g/mol. The maximum Gasteiger partial charge on any atom is 0.223 e. The lowest BCUT2D eigenvalue weighted by Gasteiger charge is -2.31. The van der Waals surface area contributed by atoms with Gasteiger partial charge in [0.25, 0.3) is 0 Å². The van der Waals surface area contributed by atoms with Gasteiger partial charge in [-0.2, -0.15) is 5.10 Å². The van der Waals surface area contributed by atoms with Gasteiger partial charge in [-0.25, -0.2) is 4.68 Å². The lowest BCUT2D eigenvalue weighted by Crippen LogP contribution is -2.41. The van der Waals surface area contributed by atoms with Gasteiger partial charge >= 0.3 is 0 Å². The fourth-order valence-electron chi connectivity index (χ4n) is 5.07. The summed E-state index contributed by atoms with van der Waals surface area (Å²) >= 11 is 0. The van der Waals surface area contributed by atoms with E-state index in [0.29, 0.717) is 0 Å². The molecular formula is C27H36N6O2. The first-order chi connectivity index (χ1) is 17.3. The molecule has 0 saturated carbocycles. The summed E-state index contributed by atoms with van der Waals surface area (Å²) in [5.74, 6) is 1.41. The highest BCUT2D eigenvalue weighted by Gasteiger charge is 2.26. The number of ether oxygens (including phenoxy) is 1. The number of nitrogens with one attached hydrogen (secondary N) is 1. The Bertz CT molecular complexity index is 1050. The van der Waals surface area contributed by atoms with Crippen LogP contribution in [0, 0.1) is 5.92 Å². The molecule has 0 aliphatic carbocycles. The van der Waals surface area contributed by atoms with Crippen LogP contribution in [-0.4, -0.2) is 82.5 Å². The summed E-state index contributed by atoms with van der Waals surface area (Å²) in [6.07, 6.45) is 8.92. The van der Waals surface area contributed by atoms with Crippen LogP contribution in [0.15, 0.2) is 61.1 Å². The van der Waals surface area contributed by atoms with E-state index in [1.165, 1.54) is 5.56 Å². The van der Waals surface area contributed by atoms with E-state index in [1.807, 2.05) is 41.2 Å². The number of rotatable bonds is 9. The first-order valence-electron chi connectivity index (χ1n) is 12.8. The molecule has 0 unspecified atom stereocenters. The number of amides is 1. The average Bonchev–Trinajstić information content (AvgIpc) is 3.58. The zero-order valence-electron chi connectivity index (χ0n) is 20.4. The second-order valence-electron chi connectivity index (χ2n) is 9.48. The van der Waals surface area contributed by atoms with Gasteiger partial charge < -0.3 is 14.6 Å². The van der Waals surface area contributed by atoms with Gasteiger partial charge in [0.2, 0.25) is 5.91 Å².